The Kier molecular flexibility index (Phi) is 5.33. The van der Waals surface area contributed by atoms with Gasteiger partial charge in [0.25, 0.3) is 0 Å². The molecule has 1 aromatic heterocycles. The van der Waals surface area contributed by atoms with Crippen LogP contribution in [0.2, 0.25) is 0 Å². The molecule has 2 aromatic rings. The van der Waals surface area contributed by atoms with E-state index in [1.54, 1.807) is 36.3 Å². The van der Waals surface area contributed by atoms with Gasteiger partial charge in [0.05, 0.1) is 18.3 Å². The minimum atomic E-state index is -0.813. The number of hydrogen-bond acceptors (Lipinski definition) is 3. The molecular formula is C18H23FN4O2. The summed E-state index contributed by atoms with van der Waals surface area (Å²) in [4.78, 5) is 12.3. The number of carbonyl (C=O) groups excluding carboxylic acids is 1. The van der Waals surface area contributed by atoms with Crippen molar-refractivity contribution in [2.24, 2.45) is 13.0 Å². The second-order valence-electron chi connectivity index (χ2n) is 6.54. The van der Waals surface area contributed by atoms with Crippen LogP contribution in [-0.2, 0) is 7.05 Å². The molecule has 0 spiro atoms. The third kappa shape index (κ3) is 4.36. The van der Waals surface area contributed by atoms with Gasteiger partial charge in [0, 0.05) is 25.4 Å². The molecule has 6 nitrogen and oxygen atoms in total. The number of aliphatic hydroxyl groups excluding tert-OH is 1. The van der Waals surface area contributed by atoms with Gasteiger partial charge in [-0.05, 0) is 36.5 Å². The largest absolute Gasteiger partial charge is 0.386 e. The molecule has 0 saturated heterocycles. The van der Waals surface area contributed by atoms with Crippen molar-refractivity contribution in [2.75, 3.05) is 6.54 Å². The SMILES string of the molecule is Cn1cc([C@H](O)CNC(=O)N[C@H](c2ccc(F)cc2)C2CCC2)cn1. The van der Waals surface area contributed by atoms with E-state index in [0.29, 0.717) is 11.5 Å². The molecule has 3 N–H and O–H groups in total. The lowest BCUT2D eigenvalue weighted by atomic mass is 9.77. The fourth-order valence-electron chi connectivity index (χ4n) is 3.03. The Bertz CT molecular complexity index is 712. The van der Waals surface area contributed by atoms with Gasteiger partial charge in [-0.3, -0.25) is 4.68 Å². The third-order valence-corrected chi connectivity index (χ3v) is 4.70. The predicted molar refractivity (Wildman–Crippen MR) is 91.2 cm³/mol. The standard InChI is InChI=1S/C18H23FN4O2/c1-23-11-14(9-21-23)16(24)10-20-18(25)22-17(12-3-2-4-12)13-5-7-15(19)8-6-13/h5-9,11-12,16-17,24H,2-4,10H2,1H3,(H2,20,22,25)/t16-,17+/m1/s1. The lowest BCUT2D eigenvalue weighted by molar-refractivity contribution is 0.169. The summed E-state index contributed by atoms with van der Waals surface area (Å²) in [5.74, 6) is 0.0691. The highest BCUT2D eigenvalue weighted by molar-refractivity contribution is 5.74. The summed E-state index contributed by atoms with van der Waals surface area (Å²) in [6, 6.07) is 5.75. The Morgan fingerprint density at radius 3 is 2.64 bits per heavy atom. The highest BCUT2D eigenvalue weighted by Crippen LogP contribution is 2.37. The zero-order valence-electron chi connectivity index (χ0n) is 14.2. The first kappa shape index (κ1) is 17.4. The fraction of sp³-hybridized carbons (Fsp3) is 0.444. The van der Waals surface area contributed by atoms with Crippen LogP contribution in [0.3, 0.4) is 0 Å². The van der Waals surface area contributed by atoms with Crippen molar-refractivity contribution in [3.8, 4) is 0 Å². The summed E-state index contributed by atoms with van der Waals surface area (Å²) in [5, 5.41) is 19.7. The second-order valence-corrected chi connectivity index (χ2v) is 6.54. The maximum atomic E-state index is 13.1. The van der Waals surface area contributed by atoms with Crippen molar-refractivity contribution in [1.29, 1.82) is 0 Å². The van der Waals surface area contributed by atoms with E-state index in [0.717, 1.165) is 24.8 Å². The molecule has 2 atom stereocenters. The smallest absolute Gasteiger partial charge is 0.315 e. The number of benzene rings is 1. The number of carbonyl (C=O) groups is 1. The van der Waals surface area contributed by atoms with Crippen molar-refractivity contribution in [1.82, 2.24) is 20.4 Å². The number of halogens is 1. The molecule has 1 heterocycles. The summed E-state index contributed by atoms with van der Waals surface area (Å²) in [6.07, 6.45) is 5.69. The van der Waals surface area contributed by atoms with E-state index in [1.807, 2.05) is 0 Å². The average Bonchev–Trinajstić information content (AvgIpc) is 2.98. The van der Waals surface area contributed by atoms with Gasteiger partial charge in [-0.1, -0.05) is 18.6 Å². The Hall–Kier alpha value is -2.41. The van der Waals surface area contributed by atoms with Crippen LogP contribution in [0, 0.1) is 11.7 Å². The van der Waals surface area contributed by atoms with Gasteiger partial charge in [0.2, 0.25) is 0 Å². The fourth-order valence-corrected chi connectivity index (χ4v) is 3.03. The predicted octanol–water partition coefficient (Wildman–Crippen LogP) is 2.43. The molecule has 7 heteroatoms. The topological polar surface area (TPSA) is 79.2 Å². The van der Waals surface area contributed by atoms with Gasteiger partial charge in [-0.2, -0.15) is 5.10 Å². The molecule has 1 saturated carbocycles. The van der Waals surface area contributed by atoms with Crippen LogP contribution in [0.15, 0.2) is 36.7 Å². The van der Waals surface area contributed by atoms with E-state index in [4.69, 9.17) is 0 Å². The van der Waals surface area contributed by atoms with E-state index in [9.17, 15) is 14.3 Å². The highest BCUT2D eigenvalue weighted by atomic mass is 19.1. The van der Waals surface area contributed by atoms with Crippen LogP contribution in [-0.4, -0.2) is 27.5 Å². The molecule has 0 aliphatic heterocycles. The number of amides is 2. The molecule has 3 rings (SSSR count). The van der Waals surface area contributed by atoms with Gasteiger partial charge >= 0.3 is 6.03 Å². The Balaban J connectivity index is 1.57. The van der Waals surface area contributed by atoms with Crippen LogP contribution < -0.4 is 10.6 Å². The molecule has 0 radical (unpaired) electrons. The van der Waals surface area contributed by atoms with Crippen molar-refractivity contribution in [3.63, 3.8) is 0 Å². The molecule has 134 valence electrons. The van der Waals surface area contributed by atoms with Crippen LogP contribution in [0.5, 0.6) is 0 Å². The molecule has 25 heavy (non-hydrogen) atoms. The number of aromatic nitrogens is 2. The van der Waals surface area contributed by atoms with Gasteiger partial charge in [0.1, 0.15) is 5.82 Å². The summed E-state index contributed by atoms with van der Waals surface area (Å²) in [5.41, 5.74) is 1.55. The first-order chi connectivity index (χ1) is 12.0. The van der Waals surface area contributed by atoms with Crippen molar-refractivity contribution >= 4 is 6.03 Å². The molecule has 1 aliphatic carbocycles. The quantitative estimate of drug-likeness (QED) is 0.752. The Morgan fingerprint density at radius 2 is 2.08 bits per heavy atom. The number of nitrogens with zero attached hydrogens (tertiary/aromatic N) is 2. The Labute approximate surface area is 146 Å². The lowest BCUT2D eigenvalue weighted by Crippen LogP contribution is -2.43. The van der Waals surface area contributed by atoms with Crippen molar-refractivity contribution in [3.05, 3.63) is 53.6 Å². The van der Waals surface area contributed by atoms with Gasteiger partial charge in [-0.25, -0.2) is 9.18 Å². The molecule has 1 fully saturated rings. The number of aryl methyl sites for hydroxylation is 1. The van der Waals surface area contributed by atoms with Gasteiger partial charge < -0.3 is 15.7 Å². The molecule has 1 aromatic carbocycles. The molecule has 2 amide bonds. The van der Waals surface area contributed by atoms with E-state index >= 15 is 0 Å². The maximum Gasteiger partial charge on any atom is 0.315 e. The number of nitrogens with one attached hydrogen (secondary N) is 2. The first-order valence-electron chi connectivity index (χ1n) is 8.49. The second kappa shape index (κ2) is 7.65. The third-order valence-electron chi connectivity index (χ3n) is 4.70. The van der Waals surface area contributed by atoms with Crippen LogP contribution >= 0.6 is 0 Å². The summed E-state index contributed by atoms with van der Waals surface area (Å²) in [6.45, 7) is 0.0956. The normalized spacial score (nSPS) is 16.8. The van der Waals surface area contributed by atoms with Crippen LogP contribution in [0.25, 0.3) is 0 Å². The maximum absolute atomic E-state index is 13.1. The van der Waals surface area contributed by atoms with Gasteiger partial charge in [-0.15, -0.1) is 0 Å². The minimum absolute atomic E-state index is 0.0956. The summed E-state index contributed by atoms with van der Waals surface area (Å²) in [7, 11) is 1.77. The van der Waals surface area contributed by atoms with Crippen molar-refractivity contribution in [2.45, 2.75) is 31.4 Å². The summed E-state index contributed by atoms with van der Waals surface area (Å²) < 4.78 is 14.7. The number of aliphatic hydroxyl groups is 1. The molecule has 0 unspecified atom stereocenters. The van der Waals surface area contributed by atoms with E-state index in [1.165, 1.54) is 12.1 Å². The molecule has 0 bridgehead atoms. The minimum Gasteiger partial charge on any atom is -0.386 e. The average molecular weight is 346 g/mol. The first-order valence-corrected chi connectivity index (χ1v) is 8.49. The monoisotopic (exact) mass is 346 g/mol. The van der Waals surface area contributed by atoms with Crippen LogP contribution in [0.1, 0.15) is 42.5 Å². The molecule has 1 aliphatic rings. The number of urea groups is 1. The summed E-state index contributed by atoms with van der Waals surface area (Å²) >= 11 is 0. The van der Waals surface area contributed by atoms with E-state index in [-0.39, 0.29) is 24.4 Å². The lowest BCUT2D eigenvalue weighted by Gasteiger charge is -2.34. The van der Waals surface area contributed by atoms with Crippen LogP contribution in [0.4, 0.5) is 9.18 Å². The van der Waals surface area contributed by atoms with E-state index in [2.05, 4.69) is 15.7 Å². The number of rotatable bonds is 6. The zero-order valence-corrected chi connectivity index (χ0v) is 14.2. The van der Waals surface area contributed by atoms with Crippen molar-refractivity contribution < 1.29 is 14.3 Å². The number of hydrogen-bond donors (Lipinski definition) is 3. The highest BCUT2D eigenvalue weighted by Gasteiger charge is 2.29. The van der Waals surface area contributed by atoms with Gasteiger partial charge in [0.15, 0.2) is 0 Å². The van der Waals surface area contributed by atoms with E-state index < -0.39 is 6.10 Å². The Morgan fingerprint density at radius 1 is 1.36 bits per heavy atom. The zero-order chi connectivity index (χ0) is 17.8. The molecular weight excluding hydrogens is 323 g/mol.